The van der Waals surface area contributed by atoms with E-state index in [-0.39, 0.29) is 12.5 Å². The maximum Gasteiger partial charge on any atom is 0.337 e. The zero-order chi connectivity index (χ0) is 19.1. The van der Waals surface area contributed by atoms with Crippen LogP contribution in [0.3, 0.4) is 0 Å². The molecular formula is C22H19NO4. The first kappa shape index (κ1) is 18.2. The van der Waals surface area contributed by atoms with Crippen molar-refractivity contribution in [3.63, 3.8) is 0 Å². The molecule has 136 valence electrons. The van der Waals surface area contributed by atoms with E-state index in [1.165, 1.54) is 7.11 Å². The molecule has 5 heteroatoms. The fourth-order valence-corrected chi connectivity index (χ4v) is 2.56. The number of methoxy groups -OCH3 is 1. The lowest BCUT2D eigenvalue weighted by Gasteiger charge is -2.09. The lowest BCUT2D eigenvalue weighted by Crippen LogP contribution is -2.20. The Morgan fingerprint density at radius 2 is 1.56 bits per heavy atom. The highest BCUT2D eigenvalue weighted by Crippen LogP contribution is 2.22. The molecule has 0 saturated heterocycles. The number of anilines is 1. The number of rotatable bonds is 6. The van der Waals surface area contributed by atoms with Gasteiger partial charge in [0.25, 0.3) is 5.91 Å². The summed E-state index contributed by atoms with van der Waals surface area (Å²) < 4.78 is 10.2. The standard InChI is InChI=1S/C22H19NO4/c1-26-22(25)18-8-5-9-19(14-18)23-21(24)15-27-20-12-10-17(11-13-20)16-6-3-2-4-7-16/h2-14H,15H2,1H3,(H,23,24). The van der Waals surface area contributed by atoms with Crippen LogP contribution in [0.25, 0.3) is 11.1 Å². The van der Waals surface area contributed by atoms with Crippen LogP contribution < -0.4 is 10.1 Å². The van der Waals surface area contributed by atoms with E-state index in [4.69, 9.17) is 4.74 Å². The van der Waals surface area contributed by atoms with Gasteiger partial charge in [0.2, 0.25) is 0 Å². The van der Waals surface area contributed by atoms with Crippen molar-refractivity contribution in [2.75, 3.05) is 19.0 Å². The number of hydrogen-bond donors (Lipinski definition) is 1. The zero-order valence-corrected chi connectivity index (χ0v) is 14.8. The van der Waals surface area contributed by atoms with Crippen LogP contribution in [0.5, 0.6) is 5.75 Å². The molecule has 0 saturated carbocycles. The van der Waals surface area contributed by atoms with Crippen molar-refractivity contribution in [1.29, 1.82) is 0 Å². The summed E-state index contributed by atoms with van der Waals surface area (Å²) in [6.45, 7) is -0.132. The van der Waals surface area contributed by atoms with E-state index in [1.807, 2.05) is 54.6 Å². The predicted molar refractivity (Wildman–Crippen MR) is 104 cm³/mol. The van der Waals surface area contributed by atoms with Gasteiger partial charge in [-0.05, 0) is 41.5 Å². The average molecular weight is 361 g/mol. The van der Waals surface area contributed by atoms with Gasteiger partial charge in [0.1, 0.15) is 5.75 Å². The Labute approximate surface area is 157 Å². The van der Waals surface area contributed by atoms with Gasteiger partial charge in [0, 0.05) is 5.69 Å². The Bertz CT molecular complexity index is 921. The van der Waals surface area contributed by atoms with Crippen molar-refractivity contribution in [2.24, 2.45) is 0 Å². The van der Waals surface area contributed by atoms with Crippen LogP contribution in [0.4, 0.5) is 5.69 Å². The van der Waals surface area contributed by atoms with E-state index in [0.717, 1.165) is 11.1 Å². The summed E-state index contributed by atoms with van der Waals surface area (Å²) in [7, 11) is 1.31. The summed E-state index contributed by atoms with van der Waals surface area (Å²) in [5, 5.41) is 2.70. The molecule has 1 N–H and O–H groups in total. The van der Waals surface area contributed by atoms with Crippen molar-refractivity contribution in [3.05, 3.63) is 84.4 Å². The smallest absolute Gasteiger partial charge is 0.337 e. The maximum atomic E-state index is 12.1. The maximum absolute atomic E-state index is 12.1. The van der Waals surface area contributed by atoms with E-state index in [9.17, 15) is 9.59 Å². The molecule has 5 nitrogen and oxygen atoms in total. The number of ether oxygens (including phenoxy) is 2. The molecule has 0 aliphatic rings. The minimum atomic E-state index is -0.458. The van der Waals surface area contributed by atoms with Crippen LogP contribution in [-0.4, -0.2) is 25.6 Å². The van der Waals surface area contributed by atoms with Crippen molar-refractivity contribution in [3.8, 4) is 16.9 Å². The van der Waals surface area contributed by atoms with Gasteiger partial charge in [-0.15, -0.1) is 0 Å². The molecule has 0 radical (unpaired) electrons. The number of amides is 1. The number of carbonyl (C=O) groups excluding carboxylic acids is 2. The Hall–Kier alpha value is -3.60. The van der Waals surface area contributed by atoms with Crippen LogP contribution in [0.2, 0.25) is 0 Å². The minimum absolute atomic E-state index is 0.132. The zero-order valence-electron chi connectivity index (χ0n) is 14.8. The van der Waals surface area contributed by atoms with Crippen molar-refractivity contribution in [1.82, 2.24) is 0 Å². The topological polar surface area (TPSA) is 64.6 Å². The highest BCUT2D eigenvalue weighted by Gasteiger charge is 2.08. The fraction of sp³-hybridized carbons (Fsp3) is 0.0909. The molecule has 0 heterocycles. The Balaban J connectivity index is 1.56. The van der Waals surface area contributed by atoms with Crippen molar-refractivity contribution in [2.45, 2.75) is 0 Å². The highest BCUT2D eigenvalue weighted by atomic mass is 16.5. The van der Waals surface area contributed by atoms with Gasteiger partial charge in [0.15, 0.2) is 6.61 Å². The summed E-state index contributed by atoms with van der Waals surface area (Å²) in [5.74, 6) is -0.168. The van der Waals surface area contributed by atoms with Gasteiger partial charge in [-0.1, -0.05) is 48.5 Å². The third kappa shape index (κ3) is 4.95. The lowest BCUT2D eigenvalue weighted by molar-refractivity contribution is -0.118. The Kier molecular flexibility index (Phi) is 5.84. The molecule has 27 heavy (non-hydrogen) atoms. The largest absolute Gasteiger partial charge is 0.484 e. The summed E-state index contributed by atoms with van der Waals surface area (Å²) in [5.41, 5.74) is 3.07. The van der Waals surface area contributed by atoms with Crippen molar-refractivity contribution >= 4 is 17.6 Å². The van der Waals surface area contributed by atoms with Gasteiger partial charge in [-0.2, -0.15) is 0 Å². The minimum Gasteiger partial charge on any atom is -0.484 e. The number of hydrogen-bond acceptors (Lipinski definition) is 4. The van der Waals surface area contributed by atoms with Gasteiger partial charge >= 0.3 is 5.97 Å². The molecule has 1 amide bonds. The molecule has 0 atom stereocenters. The molecule has 0 spiro atoms. The number of esters is 1. The van der Waals surface area contributed by atoms with Crippen molar-refractivity contribution < 1.29 is 19.1 Å². The first-order chi connectivity index (χ1) is 13.2. The normalized spacial score (nSPS) is 10.1. The number of nitrogens with one attached hydrogen (secondary N) is 1. The van der Waals surface area contributed by atoms with Crippen LogP contribution in [0, 0.1) is 0 Å². The lowest BCUT2D eigenvalue weighted by atomic mass is 10.1. The molecule has 0 unspecified atom stereocenters. The van der Waals surface area contributed by atoms with Gasteiger partial charge < -0.3 is 14.8 Å². The molecule has 0 aromatic heterocycles. The summed E-state index contributed by atoms with van der Waals surface area (Å²) >= 11 is 0. The third-order valence-corrected chi connectivity index (χ3v) is 3.90. The fourth-order valence-electron chi connectivity index (χ4n) is 2.56. The SMILES string of the molecule is COC(=O)c1cccc(NC(=O)COc2ccc(-c3ccccc3)cc2)c1. The first-order valence-electron chi connectivity index (χ1n) is 8.42. The van der Waals surface area contributed by atoms with E-state index in [1.54, 1.807) is 24.3 Å². The summed E-state index contributed by atoms with van der Waals surface area (Å²) in [4.78, 5) is 23.6. The van der Waals surface area contributed by atoms with E-state index in [0.29, 0.717) is 17.0 Å². The van der Waals surface area contributed by atoms with E-state index >= 15 is 0 Å². The highest BCUT2D eigenvalue weighted by molar-refractivity contribution is 5.95. The van der Waals surface area contributed by atoms with Crippen LogP contribution >= 0.6 is 0 Å². The van der Waals surface area contributed by atoms with Crippen LogP contribution in [-0.2, 0) is 9.53 Å². The molecule has 3 aromatic rings. The van der Waals surface area contributed by atoms with Gasteiger partial charge in [0.05, 0.1) is 12.7 Å². The second kappa shape index (κ2) is 8.67. The van der Waals surface area contributed by atoms with Gasteiger partial charge in [-0.3, -0.25) is 4.79 Å². The molecule has 0 bridgehead atoms. The predicted octanol–water partition coefficient (Wildman–Crippen LogP) is 4.16. The second-order valence-electron chi connectivity index (χ2n) is 5.80. The molecular weight excluding hydrogens is 342 g/mol. The number of benzene rings is 3. The molecule has 0 aliphatic carbocycles. The average Bonchev–Trinajstić information content (AvgIpc) is 2.73. The molecule has 0 aliphatic heterocycles. The molecule has 3 aromatic carbocycles. The third-order valence-electron chi connectivity index (χ3n) is 3.90. The van der Waals surface area contributed by atoms with E-state index < -0.39 is 5.97 Å². The molecule has 3 rings (SSSR count). The summed E-state index contributed by atoms with van der Waals surface area (Å²) in [6, 6.07) is 24.1. The first-order valence-corrected chi connectivity index (χ1v) is 8.42. The second-order valence-corrected chi connectivity index (χ2v) is 5.80. The number of carbonyl (C=O) groups is 2. The molecule has 0 fully saturated rings. The summed E-state index contributed by atoms with van der Waals surface area (Å²) in [6.07, 6.45) is 0. The quantitative estimate of drug-likeness (QED) is 0.670. The van der Waals surface area contributed by atoms with Crippen LogP contribution in [0.15, 0.2) is 78.9 Å². The van der Waals surface area contributed by atoms with E-state index in [2.05, 4.69) is 10.1 Å². The Morgan fingerprint density at radius 3 is 2.26 bits per heavy atom. The van der Waals surface area contributed by atoms with Crippen LogP contribution in [0.1, 0.15) is 10.4 Å². The van der Waals surface area contributed by atoms with Gasteiger partial charge in [-0.25, -0.2) is 4.79 Å². The monoisotopic (exact) mass is 361 g/mol. The Morgan fingerprint density at radius 1 is 0.852 bits per heavy atom.